The lowest BCUT2D eigenvalue weighted by molar-refractivity contribution is 0.0523. The third-order valence-electron chi connectivity index (χ3n) is 3.77. The Hall–Kier alpha value is -3.09. The van der Waals surface area contributed by atoms with E-state index in [-0.39, 0.29) is 34.7 Å². The molecule has 0 heterocycles. The van der Waals surface area contributed by atoms with Crippen LogP contribution < -0.4 is 5.32 Å². The molecule has 0 aliphatic rings. The molecule has 0 unspecified atom stereocenters. The Labute approximate surface area is 157 Å². The number of nitrogens with one attached hydrogen (secondary N) is 1. The number of hydrogen-bond acceptors (Lipinski definition) is 5. The Morgan fingerprint density at radius 1 is 1.19 bits per heavy atom. The first-order valence-corrected chi connectivity index (χ1v) is 8.39. The van der Waals surface area contributed by atoms with Crippen LogP contribution in [0.25, 0.3) is 11.1 Å². The maximum atomic E-state index is 15.0. The van der Waals surface area contributed by atoms with Gasteiger partial charge in [-0.1, -0.05) is 35.5 Å². The number of amides is 1. The number of ether oxygens (including phenoxy) is 1. The number of phenolic OH excluding ortho intramolecular Hbond substituents is 1. The second-order valence-electron chi connectivity index (χ2n) is 7.02. The van der Waals surface area contributed by atoms with Crippen molar-refractivity contribution >= 4 is 11.8 Å². The summed E-state index contributed by atoms with van der Waals surface area (Å²) in [7, 11) is 0. The van der Waals surface area contributed by atoms with Gasteiger partial charge in [0.15, 0.2) is 0 Å². The van der Waals surface area contributed by atoms with Crippen LogP contribution in [-0.4, -0.2) is 27.7 Å². The van der Waals surface area contributed by atoms with Crippen molar-refractivity contribution in [1.29, 1.82) is 0 Å². The summed E-state index contributed by atoms with van der Waals surface area (Å²) in [6.07, 6.45) is -0.646. The largest absolute Gasteiger partial charge is 0.507 e. The highest BCUT2D eigenvalue weighted by atomic mass is 19.1. The molecule has 0 aromatic heterocycles. The van der Waals surface area contributed by atoms with Gasteiger partial charge in [0.2, 0.25) is 0 Å². The molecule has 2 rings (SSSR count). The minimum absolute atomic E-state index is 0.0633. The number of para-hydroxylation sites is 1. The molecular formula is C20H23FN2O4. The first-order chi connectivity index (χ1) is 12.6. The van der Waals surface area contributed by atoms with Gasteiger partial charge in [-0.15, -0.1) is 0 Å². The normalized spacial score (nSPS) is 12.0. The molecule has 0 fully saturated rings. The van der Waals surface area contributed by atoms with Gasteiger partial charge in [0.25, 0.3) is 0 Å². The van der Waals surface area contributed by atoms with E-state index in [0.717, 1.165) is 0 Å². The van der Waals surface area contributed by atoms with Crippen LogP contribution in [0.15, 0.2) is 41.6 Å². The zero-order valence-electron chi connectivity index (χ0n) is 15.7. The first-order valence-electron chi connectivity index (χ1n) is 8.39. The summed E-state index contributed by atoms with van der Waals surface area (Å²) in [5.74, 6) is -0.761. The van der Waals surface area contributed by atoms with Crippen LogP contribution in [0.1, 0.15) is 38.8 Å². The van der Waals surface area contributed by atoms with E-state index in [2.05, 4.69) is 10.5 Å². The lowest BCUT2D eigenvalue weighted by Crippen LogP contribution is -2.32. The smallest absolute Gasteiger partial charge is 0.407 e. The highest BCUT2D eigenvalue weighted by Gasteiger charge is 2.19. The topological polar surface area (TPSA) is 91.2 Å². The number of aromatic hydroxyl groups is 1. The molecule has 7 heteroatoms. The summed E-state index contributed by atoms with van der Waals surface area (Å²) in [5.41, 5.74) is 0.527. The van der Waals surface area contributed by atoms with Crippen molar-refractivity contribution in [2.45, 2.75) is 39.8 Å². The summed E-state index contributed by atoms with van der Waals surface area (Å²) >= 11 is 0. The molecule has 0 radical (unpaired) electrons. The predicted octanol–water partition coefficient (Wildman–Crippen LogP) is 4.42. The number of hydrogen-bond donors (Lipinski definition) is 3. The minimum atomic E-state index is -0.650. The standard InChI is InChI=1S/C20H23FN2O4/c1-12(23-26)14-8-6-10-16(18(14)24)15-9-5-7-13(17(15)21)11-22-19(25)27-20(2,3)4/h5-10,24,26H,11H2,1-4H3,(H,22,25)/b23-12+. The van der Waals surface area contributed by atoms with E-state index in [9.17, 15) is 14.3 Å². The number of alkyl carbamates (subject to hydrolysis) is 1. The molecule has 6 nitrogen and oxygen atoms in total. The quantitative estimate of drug-likeness (QED) is 0.420. The number of carbonyl (C=O) groups excluding carboxylic acids is 1. The number of halogens is 1. The molecule has 1 amide bonds. The van der Waals surface area contributed by atoms with Crippen LogP contribution in [0.3, 0.4) is 0 Å². The van der Waals surface area contributed by atoms with Gasteiger partial charge in [-0.25, -0.2) is 9.18 Å². The summed E-state index contributed by atoms with van der Waals surface area (Å²) in [4.78, 5) is 11.8. The van der Waals surface area contributed by atoms with E-state index >= 15 is 0 Å². The van der Waals surface area contributed by atoms with Gasteiger partial charge in [0, 0.05) is 28.8 Å². The Balaban J connectivity index is 2.32. The molecule has 3 N–H and O–H groups in total. The Morgan fingerprint density at radius 2 is 1.81 bits per heavy atom. The van der Waals surface area contributed by atoms with E-state index in [1.165, 1.54) is 19.1 Å². The Morgan fingerprint density at radius 3 is 2.44 bits per heavy atom. The van der Waals surface area contributed by atoms with Gasteiger partial charge in [0.05, 0.1) is 5.71 Å². The van der Waals surface area contributed by atoms with E-state index in [1.807, 2.05) is 0 Å². The van der Waals surface area contributed by atoms with E-state index in [4.69, 9.17) is 9.94 Å². The molecule has 0 spiro atoms. The van der Waals surface area contributed by atoms with Crippen LogP contribution in [0.2, 0.25) is 0 Å². The van der Waals surface area contributed by atoms with Crippen molar-refractivity contribution in [3.8, 4) is 16.9 Å². The molecule has 0 saturated heterocycles. The van der Waals surface area contributed by atoms with Gasteiger partial charge in [-0.05, 0) is 33.8 Å². The fourth-order valence-corrected chi connectivity index (χ4v) is 2.51. The number of carbonyl (C=O) groups is 1. The van der Waals surface area contributed by atoms with Crippen molar-refractivity contribution in [2.24, 2.45) is 5.16 Å². The average molecular weight is 374 g/mol. The molecule has 144 valence electrons. The fourth-order valence-electron chi connectivity index (χ4n) is 2.51. The summed E-state index contributed by atoms with van der Waals surface area (Å²) < 4.78 is 20.1. The minimum Gasteiger partial charge on any atom is -0.507 e. The second kappa shape index (κ2) is 8.07. The van der Waals surface area contributed by atoms with Gasteiger partial charge in [-0.2, -0.15) is 0 Å². The van der Waals surface area contributed by atoms with E-state index < -0.39 is 17.5 Å². The molecular weight excluding hydrogens is 351 g/mol. The van der Waals surface area contributed by atoms with Crippen molar-refractivity contribution < 1.29 is 24.2 Å². The highest BCUT2D eigenvalue weighted by Crippen LogP contribution is 2.35. The summed E-state index contributed by atoms with van der Waals surface area (Å²) in [6, 6.07) is 9.45. The maximum Gasteiger partial charge on any atom is 0.407 e. The fraction of sp³-hybridized carbons (Fsp3) is 0.300. The maximum absolute atomic E-state index is 15.0. The molecule has 0 aliphatic carbocycles. The molecule has 2 aromatic rings. The third-order valence-corrected chi connectivity index (χ3v) is 3.77. The van der Waals surface area contributed by atoms with Crippen molar-refractivity contribution in [2.75, 3.05) is 0 Å². The van der Waals surface area contributed by atoms with Crippen LogP contribution in [0.4, 0.5) is 9.18 Å². The SMILES string of the molecule is C/C(=N\O)c1cccc(-c2cccc(CNC(=O)OC(C)(C)C)c2F)c1O. The predicted molar refractivity (Wildman–Crippen MR) is 101 cm³/mol. The van der Waals surface area contributed by atoms with E-state index in [1.54, 1.807) is 45.0 Å². The van der Waals surface area contributed by atoms with Crippen LogP contribution in [0.5, 0.6) is 5.75 Å². The van der Waals surface area contributed by atoms with Crippen molar-refractivity contribution in [3.63, 3.8) is 0 Å². The molecule has 0 saturated carbocycles. The van der Waals surface area contributed by atoms with Crippen LogP contribution in [0, 0.1) is 5.82 Å². The lowest BCUT2D eigenvalue weighted by atomic mass is 9.97. The molecule has 0 aliphatic heterocycles. The molecule has 0 bridgehead atoms. The molecule has 2 aromatic carbocycles. The number of nitrogens with zero attached hydrogens (tertiary/aromatic N) is 1. The molecule has 27 heavy (non-hydrogen) atoms. The number of rotatable bonds is 4. The zero-order valence-corrected chi connectivity index (χ0v) is 15.7. The van der Waals surface area contributed by atoms with Crippen LogP contribution >= 0.6 is 0 Å². The average Bonchev–Trinajstić information content (AvgIpc) is 2.59. The number of oxime groups is 1. The highest BCUT2D eigenvalue weighted by molar-refractivity contribution is 6.02. The van der Waals surface area contributed by atoms with Crippen LogP contribution in [-0.2, 0) is 11.3 Å². The second-order valence-corrected chi connectivity index (χ2v) is 7.02. The lowest BCUT2D eigenvalue weighted by Gasteiger charge is -2.20. The zero-order chi connectivity index (χ0) is 20.2. The van der Waals surface area contributed by atoms with Crippen molar-refractivity contribution in [3.05, 3.63) is 53.3 Å². The Bertz CT molecular complexity index is 873. The van der Waals surface area contributed by atoms with Gasteiger partial charge in [-0.3, -0.25) is 0 Å². The number of benzene rings is 2. The van der Waals surface area contributed by atoms with Gasteiger partial charge < -0.3 is 20.4 Å². The summed E-state index contributed by atoms with van der Waals surface area (Å²) in [6.45, 7) is 6.67. The number of phenols is 1. The molecule has 0 atom stereocenters. The van der Waals surface area contributed by atoms with Crippen molar-refractivity contribution in [1.82, 2.24) is 5.32 Å². The van der Waals surface area contributed by atoms with Gasteiger partial charge in [0.1, 0.15) is 17.2 Å². The third kappa shape index (κ3) is 4.97. The summed E-state index contributed by atoms with van der Waals surface area (Å²) in [5, 5.41) is 25.0. The van der Waals surface area contributed by atoms with Gasteiger partial charge >= 0.3 is 6.09 Å². The van der Waals surface area contributed by atoms with E-state index in [0.29, 0.717) is 5.56 Å². The first kappa shape index (κ1) is 20.2. The monoisotopic (exact) mass is 374 g/mol. The Kier molecular flexibility index (Phi) is 6.05.